The standard InChI is InChI=1S/C23H22N2O3/c1-27-17-12-13-19(21(14-17)28-2)22-24-20-11-7-6-10-18(20)23(26)25(22)15-16-8-4-3-5-9-16/h3-14,22,24H,15H2,1-2H3/t22-/m0/s1. The predicted molar refractivity (Wildman–Crippen MR) is 109 cm³/mol. The first-order valence-electron chi connectivity index (χ1n) is 9.13. The first-order valence-corrected chi connectivity index (χ1v) is 9.13. The van der Waals surface area contributed by atoms with Crippen LogP contribution in [0.3, 0.4) is 0 Å². The van der Waals surface area contributed by atoms with Gasteiger partial charge in [0.1, 0.15) is 17.7 Å². The van der Waals surface area contributed by atoms with Crippen LogP contribution in [0.2, 0.25) is 0 Å². The molecule has 0 aliphatic carbocycles. The van der Waals surface area contributed by atoms with E-state index in [9.17, 15) is 4.79 Å². The largest absolute Gasteiger partial charge is 0.497 e. The van der Waals surface area contributed by atoms with E-state index in [1.54, 1.807) is 14.2 Å². The third-order valence-corrected chi connectivity index (χ3v) is 4.95. The molecule has 0 spiro atoms. The van der Waals surface area contributed by atoms with Gasteiger partial charge < -0.3 is 19.7 Å². The molecular formula is C23H22N2O3. The Morgan fingerprint density at radius 1 is 0.929 bits per heavy atom. The van der Waals surface area contributed by atoms with Crippen molar-refractivity contribution in [3.63, 3.8) is 0 Å². The Bertz CT molecular complexity index is 988. The van der Waals surface area contributed by atoms with Gasteiger partial charge in [0.05, 0.1) is 19.8 Å². The summed E-state index contributed by atoms with van der Waals surface area (Å²) in [5, 5.41) is 3.51. The van der Waals surface area contributed by atoms with Gasteiger partial charge in [-0.25, -0.2) is 0 Å². The number of hydrogen-bond acceptors (Lipinski definition) is 4. The molecule has 5 nitrogen and oxygen atoms in total. The molecule has 142 valence electrons. The second kappa shape index (κ2) is 7.64. The van der Waals surface area contributed by atoms with Crippen LogP contribution in [0.25, 0.3) is 0 Å². The van der Waals surface area contributed by atoms with Crippen molar-refractivity contribution in [2.75, 3.05) is 19.5 Å². The fourth-order valence-electron chi connectivity index (χ4n) is 3.53. The maximum atomic E-state index is 13.3. The number of carbonyl (C=O) groups excluding carboxylic acids is 1. The molecule has 1 aliphatic heterocycles. The van der Waals surface area contributed by atoms with Crippen LogP contribution < -0.4 is 14.8 Å². The number of fused-ring (bicyclic) bond motifs is 1. The molecule has 3 aromatic carbocycles. The van der Waals surface area contributed by atoms with Gasteiger partial charge >= 0.3 is 0 Å². The molecule has 3 aromatic rings. The summed E-state index contributed by atoms with van der Waals surface area (Å²) < 4.78 is 10.9. The number of rotatable bonds is 5. The van der Waals surface area contributed by atoms with E-state index in [1.165, 1.54) is 0 Å². The van der Waals surface area contributed by atoms with Crippen molar-refractivity contribution < 1.29 is 14.3 Å². The average molecular weight is 374 g/mol. The van der Waals surface area contributed by atoms with Gasteiger partial charge in [0.2, 0.25) is 0 Å². The third-order valence-electron chi connectivity index (χ3n) is 4.95. The van der Waals surface area contributed by atoms with Crippen LogP contribution in [-0.2, 0) is 6.54 Å². The number of amides is 1. The molecule has 1 amide bonds. The molecule has 0 unspecified atom stereocenters. The summed E-state index contributed by atoms with van der Waals surface area (Å²) in [5.41, 5.74) is 3.43. The van der Waals surface area contributed by atoms with E-state index in [-0.39, 0.29) is 12.1 Å². The maximum absolute atomic E-state index is 13.3. The molecule has 0 bridgehead atoms. The van der Waals surface area contributed by atoms with Crippen molar-refractivity contribution in [2.45, 2.75) is 12.7 Å². The molecule has 1 heterocycles. The van der Waals surface area contributed by atoms with E-state index in [0.717, 1.165) is 16.8 Å². The van der Waals surface area contributed by atoms with Crippen LogP contribution in [0.1, 0.15) is 27.7 Å². The fraction of sp³-hybridized carbons (Fsp3) is 0.174. The molecule has 0 radical (unpaired) electrons. The summed E-state index contributed by atoms with van der Waals surface area (Å²) in [6, 6.07) is 23.2. The minimum Gasteiger partial charge on any atom is -0.497 e. The summed E-state index contributed by atoms with van der Waals surface area (Å²) in [5.74, 6) is 1.36. The van der Waals surface area contributed by atoms with E-state index >= 15 is 0 Å². The molecule has 0 saturated carbocycles. The van der Waals surface area contributed by atoms with Gasteiger partial charge in [-0.3, -0.25) is 4.79 Å². The number of nitrogens with zero attached hydrogens (tertiary/aromatic N) is 1. The molecule has 4 rings (SSSR count). The van der Waals surface area contributed by atoms with Gasteiger partial charge in [0.25, 0.3) is 5.91 Å². The highest BCUT2D eigenvalue weighted by Gasteiger charge is 2.34. The van der Waals surface area contributed by atoms with Gasteiger partial charge in [0, 0.05) is 23.9 Å². The number of ether oxygens (including phenoxy) is 2. The molecule has 5 heteroatoms. The zero-order chi connectivity index (χ0) is 19.5. The van der Waals surface area contributed by atoms with Gasteiger partial charge in [-0.05, 0) is 29.8 Å². The fourth-order valence-corrected chi connectivity index (χ4v) is 3.53. The molecule has 0 aromatic heterocycles. The lowest BCUT2D eigenvalue weighted by molar-refractivity contribution is 0.0664. The predicted octanol–water partition coefficient (Wildman–Crippen LogP) is 4.47. The van der Waals surface area contributed by atoms with E-state index < -0.39 is 0 Å². The summed E-state index contributed by atoms with van der Waals surface area (Å²) in [4.78, 5) is 15.2. The number of carbonyl (C=O) groups is 1. The molecule has 28 heavy (non-hydrogen) atoms. The molecule has 1 N–H and O–H groups in total. The molecule has 0 saturated heterocycles. The number of benzene rings is 3. The topological polar surface area (TPSA) is 50.8 Å². The van der Waals surface area contributed by atoms with Crippen molar-refractivity contribution in [3.05, 3.63) is 89.5 Å². The molecule has 0 fully saturated rings. The minimum atomic E-state index is -0.358. The SMILES string of the molecule is COc1ccc([C@H]2Nc3ccccc3C(=O)N2Cc2ccccc2)c(OC)c1. The number of methoxy groups -OCH3 is 2. The van der Waals surface area contributed by atoms with Crippen molar-refractivity contribution in [2.24, 2.45) is 0 Å². The van der Waals surface area contributed by atoms with Crippen molar-refractivity contribution in [1.82, 2.24) is 4.90 Å². The highest BCUT2D eigenvalue weighted by atomic mass is 16.5. The number of hydrogen-bond donors (Lipinski definition) is 1. The molecule has 1 aliphatic rings. The number of nitrogens with one attached hydrogen (secondary N) is 1. The second-order valence-electron chi connectivity index (χ2n) is 6.62. The van der Waals surface area contributed by atoms with Gasteiger partial charge in [0.15, 0.2) is 0 Å². The Morgan fingerprint density at radius 3 is 2.43 bits per heavy atom. The van der Waals surface area contributed by atoms with Crippen molar-refractivity contribution in [1.29, 1.82) is 0 Å². The van der Waals surface area contributed by atoms with Crippen molar-refractivity contribution >= 4 is 11.6 Å². The third kappa shape index (κ3) is 3.27. The highest BCUT2D eigenvalue weighted by Crippen LogP contribution is 2.38. The monoisotopic (exact) mass is 374 g/mol. The van der Waals surface area contributed by atoms with E-state index in [0.29, 0.717) is 23.6 Å². The van der Waals surface area contributed by atoms with Crippen LogP contribution >= 0.6 is 0 Å². The van der Waals surface area contributed by atoms with Gasteiger partial charge in [-0.1, -0.05) is 42.5 Å². The lowest BCUT2D eigenvalue weighted by Crippen LogP contribution is -2.42. The van der Waals surface area contributed by atoms with E-state index in [2.05, 4.69) is 5.32 Å². The normalized spacial score (nSPS) is 15.6. The number of para-hydroxylation sites is 1. The first-order chi connectivity index (χ1) is 13.7. The Balaban J connectivity index is 1.79. The molecular weight excluding hydrogens is 352 g/mol. The van der Waals surface area contributed by atoms with Crippen LogP contribution in [0.5, 0.6) is 11.5 Å². The zero-order valence-electron chi connectivity index (χ0n) is 15.9. The minimum absolute atomic E-state index is 0.0129. The first kappa shape index (κ1) is 17.9. The van der Waals surface area contributed by atoms with E-state index in [1.807, 2.05) is 77.7 Å². The Labute approximate surface area is 164 Å². The lowest BCUT2D eigenvalue weighted by atomic mass is 10.0. The summed E-state index contributed by atoms with van der Waals surface area (Å²) in [6.07, 6.45) is -0.358. The van der Waals surface area contributed by atoms with E-state index in [4.69, 9.17) is 9.47 Å². The molecule has 1 atom stereocenters. The number of anilines is 1. The van der Waals surface area contributed by atoms with Crippen molar-refractivity contribution in [3.8, 4) is 11.5 Å². The highest BCUT2D eigenvalue weighted by molar-refractivity contribution is 6.01. The summed E-state index contributed by atoms with van der Waals surface area (Å²) in [7, 11) is 3.24. The van der Waals surface area contributed by atoms with Crippen LogP contribution in [0.15, 0.2) is 72.8 Å². The smallest absolute Gasteiger partial charge is 0.258 e. The lowest BCUT2D eigenvalue weighted by Gasteiger charge is -2.38. The Morgan fingerprint density at radius 2 is 1.68 bits per heavy atom. The second-order valence-corrected chi connectivity index (χ2v) is 6.62. The Kier molecular flexibility index (Phi) is 4.89. The van der Waals surface area contributed by atoms with Crippen LogP contribution in [-0.4, -0.2) is 25.0 Å². The average Bonchev–Trinajstić information content (AvgIpc) is 2.76. The summed E-state index contributed by atoms with van der Waals surface area (Å²) in [6.45, 7) is 0.487. The van der Waals surface area contributed by atoms with Crippen LogP contribution in [0, 0.1) is 0 Å². The van der Waals surface area contributed by atoms with Crippen LogP contribution in [0.4, 0.5) is 5.69 Å². The Hall–Kier alpha value is -3.47. The summed E-state index contributed by atoms with van der Waals surface area (Å²) >= 11 is 0. The maximum Gasteiger partial charge on any atom is 0.258 e. The van der Waals surface area contributed by atoms with Gasteiger partial charge in [-0.15, -0.1) is 0 Å². The quantitative estimate of drug-likeness (QED) is 0.716. The zero-order valence-corrected chi connectivity index (χ0v) is 15.9. The van der Waals surface area contributed by atoms with Gasteiger partial charge in [-0.2, -0.15) is 0 Å².